The Hall–Kier alpha value is -3.19. The Morgan fingerprint density at radius 2 is 1.88 bits per heavy atom. The van der Waals surface area contributed by atoms with Crippen molar-refractivity contribution in [1.29, 1.82) is 0 Å². The molecule has 3 aromatic rings. The first kappa shape index (κ1) is 17.6. The Morgan fingerprint density at radius 3 is 2.58 bits per heavy atom. The number of Topliss-reactive ketones (excluding diaryl/α,β-unsaturated/α-hetero) is 1. The number of anilines is 2. The number of carbonyl (C=O) groups excluding carboxylic acids is 2. The number of hydrogen-bond acceptors (Lipinski definition) is 4. The zero-order valence-corrected chi connectivity index (χ0v) is 14.5. The molecule has 3 rings (SSSR count). The highest BCUT2D eigenvalue weighted by Crippen LogP contribution is 2.32. The summed E-state index contributed by atoms with van der Waals surface area (Å²) in [7, 11) is 0. The van der Waals surface area contributed by atoms with Crippen LogP contribution in [-0.4, -0.2) is 26.9 Å². The van der Waals surface area contributed by atoms with Crippen molar-refractivity contribution in [3.05, 3.63) is 53.1 Å². The van der Waals surface area contributed by atoms with E-state index < -0.39 is 11.9 Å². The van der Waals surface area contributed by atoms with Gasteiger partial charge in [-0.2, -0.15) is 4.73 Å². The molecule has 7 nitrogen and oxygen atoms in total. The number of para-hydroxylation sites is 1. The van der Waals surface area contributed by atoms with Gasteiger partial charge >= 0.3 is 6.03 Å². The normalized spacial score (nSPS) is 10.7. The van der Waals surface area contributed by atoms with E-state index in [1.807, 2.05) is 0 Å². The van der Waals surface area contributed by atoms with E-state index in [0.29, 0.717) is 26.5 Å². The van der Waals surface area contributed by atoms with Gasteiger partial charge in [0.05, 0.1) is 21.8 Å². The van der Waals surface area contributed by atoms with Crippen LogP contribution in [0.4, 0.5) is 16.2 Å². The van der Waals surface area contributed by atoms with E-state index in [1.165, 1.54) is 6.07 Å². The van der Waals surface area contributed by atoms with Gasteiger partial charge in [-0.15, -0.1) is 0 Å². The van der Waals surface area contributed by atoms with Gasteiger partial charge in [0, 0.05) is 17.5 Å². The third kappa shape index (κ3) is 3.16. The van der Waals surface area contributed by atoms with Gasteiger partial charge in [-0.1, -0.05) is 30.7 Å². The second-order valence-electron chi connectivity index (χ2n) is 5.58. The largest absolute Gasteiger partial charge is 0.492 e. The quantitative estimate of drug-likeness (QED) is 0.400. The van der Waals surface area contributed by atoms with E-state index in [2.05, 4.69) is 10.6 Å². The van der Waals surface area contributed by atoms with Crippen molar-refractivity contribution >= 4 is 45.7 Å². The van der Waals surface area contributed by atoms with E-state index in [0.717, 1.165) is 0 Å². The molecule has 0 atom stereocenters. The lowest BCUT2D eigenvalue weighted by Gasteiger charge is -2.09. The highest BCUT2D eigenvalue weighted by Gasteiger charge is 2.21. The first-order chi connectivity index (χ1) is 12.4. The van der Waals surface area contributed by atoms with Gasteiger partial charge in [0.2, 0.25) is 5.88 Å². The maximum atomic E-state index is 12.1. The van der Waals surface area contributed by atoms with Gasteiger partial charge in [0.15, 0.2) is 5.78 Å². The number of urea groups is 1. The van der Waals surface area contributed by atoms with E-state index >= 15 is 0 Å². The van der Waals surface area contributed by atoms with Crippen LogP contribution in [0.15, 0.2) is 42.5 Å². The minimum Gasteiger partial charge on any atom is -0.492 e. The van der Waals surface area contributed by atoms with Crippen LogP contribution in [0.25, 0.3) is 10.9 Å². The third-order valence-electron chi connectivity index (χ3n) is 3.90. The number of benzene rings is 2. The maximum Gasteiger partial charge on any atom is 0.323 e. The number of aromatic hydroxyl groups is 1. The molecule has 1 heterocycles. The molecule has 0 unspecified atom stereocenters. The number of amides is 2. The number of carbonyl (C=O) groups is 2. The molecule has 0 aliphatic heterocycles. The molecule has 26 heavy (non-hydrogen) atoms. The second kappa shape index (κ2) is 6.97. The molecular weight excluding hydrogens is 358 g/mol. The number of halogens is 1. The summed E-state index contributed by atoms with van der Waals surface area (Å²) >= 11 is 6.00. The standard InChI is InChI=1S/C18H16ClN3O4/c1-2-15(23)16-11-8-7-10(9-14(11)22(26)17(16)24)20-18(25)21-13-6-4-3-5-12(13)19/h3-9,24,26H,2H2,1H3,(H2,20,21,25). The minimum absolute atomic E-state index is 0.0528. The fourth-order valence-corrected chi connectivity index (χ4v) is 2.82. The Labute approximate surface area is 153 Å². The van der Waals surface area contributed by atoms with Gasteiger partial charge < -0.3 is 20.9 Å². The molecule has 0 aliphatic carbocycles. The smallest absolute Gasteiger partial charge is 0.323 e. The average Bonchev–Trinajstić information content (AvgIpc) is 2.87. The highest BCUT2D eigenvalue weighted by molar-refractivity contribution is 6.33. The molecule has 134 valence electrons. The highest BCUT2D eigenvalue weighted by atomic mass is 35.5. The van der Waals surface area contributed by atoms with E-state index in [9.17, 15) is 19.9 Å². The third-order valence-corrected chi connectivity index (χ3v) is 4.23. The molecule has 2 aromatic carbocycles. The fourth-order valence-electron chi connectivity index (χ4n) is 2.64. The van der Waals surface area contributed by atoms with E-state index in [4.69, 9.17) is 11.6 Å². The molecule has 2 amide bonds. The summed E-state index contributed by atoms with van der Waals surface area (Å²) < 4.78 is 0.523. The van der Waals surface area contributed by atoms with Crippen LogP contribution in [0.5, 0.6) is 5.88 Å². The zero-order valence-electron chi connectivity index (χ0n) is 13.8. The first-order valence-corrected chi connectivity index (χ1v) is 8.22. The van der Waals surface area contributed by atoms with Crippen molar-refractivity contribution in [1.82, 2.24) is 4.73 Å². The van der Waals surface area contributed by atoms with Crippen molar-refractivity contribution in [2.24, 2.45) is 0 Å². The SMILES string of the molecule is CCC(=O)c1c(O)n(O)c2cc(NC(=O)Nc3ccccc3Cl)ccc12. The van der Waals surface area contributed by atoms with Crippen LogP contribution in [0.3, 0.4) is 0 Å². The number of nitrogens with zero attached hydrogens (tertiary/aromatic N) is 1. The van der Waals surface area contributed by atoms with E-state index in [1.54, 1.807) is 43.3 Å². The number of nitrogens with one attached hydrogen (secondary N) is 2. The van der Waals surface area contributed by atoms with Crippen LogP contribution in [0.2, 0.25) is 5.02 Å². The van der Waals surface area contributed by atoms with Gasteiger partial charge in [-0.25, -0.2) is 4.79 Å². The van der Waals surface area contributed by atoms with Crippen LogP contribution in [0.1, 0.15) is 23.7 Å². The van der Waals surface area contributed by atoms with Crippen molar-refractivity contribution in [2.45, 2.75) is 13.3 Å². The number of ketones is 1. The topological polar surface area (TPSA) is 104 Å². The molecule has 0 bridgehead atoms. The van der Waals surface area contributed by atoms with Crippen molar-refractivity contribution < 1.29 is 19.9 Å². The molecule has 0 radical (unpaired) electrons. The molecule has 8 heteroatoms. The second-order valence-corrected chi connectivity index (χ2v) is 5.99. The lowest BCUT2D eigenvalue weighted by atomic mass is 10.1. The summed E-state index contributed by atoms with van der Waals surface area (Å²) in [6.07, 6.45) is 0.187. The van der Waals surface area contributed by atoms with Crippen LogP contribution in [0, 0.1) is 0 Å². The van der Waals surface area contributed by atoms with Crippen LogP contribution >= 0.6 is 11.6 Å². The molecule has 0 spiro atoms. The molecular formula is C18H16ClN3O4. The maximum absolute atomic E-state index is 12.1. The van der Waals surface area contributed by atoms with Crippen LogP contribution < -0.4 is 10.6 Å². The summed E-state index contributed by atoms with van der Waals surface area (Å²) in [6, 6.07) is 10.8. The molecule has 0 saturated heterocycles. The molecule has 1 aromatic heterocycles. The molecule has 0 saturated carbocycles. The minimum atomic E-state index is -0.525. The predicted octanol–water partition coefficient (Wildman–Crippen LogP) is 4.47. The summed E-state index contributed by atoms with van der Waals surface area (Å²) in [6.45, 7) is 1.66. The zero-order chi connectivity index (χ0) is 18.8. The summed E-state index contributed by atoms with van der Waals surface area (Å²) in [5.74, 6) is -0.818. The van der Waals surface area contributed by atoms with Gasteiger partial charge in [-0.05, 0) is 30.3 Å². The Bertz CT molecular complexity index is 1010. The lowest BCUT2D eigenvalue weighted by Crippen LogP contribution is -2.19. The lowest BCUT2D eigenvalue weighted by molar-refractivity contribution is 0.0980. The van der Waals surface area contributed by atoms with E-state index in [-0.39, 0.29) is 23.3 Å². The number of rotatable bonds is 4. The van der Waals surface area contributed by atoms with Gasteiger partial charge in [0.25, 0.3) is 0 Å². The van der Waals surface area contributed by atoms with Gasteiger partial charge in [0.1, 0.15) is 0 Å². The molecule has 0 fully saturated rings. The van der Waals surface area contributed by atoms with Gasteiger partial charge in [-0.3, -0.25) is 4.79 Å². The predicted molar refractivity (Wildman–Crippen MR) is 99.5 cm³/mol. The Kier molecular flexibility index (Phi) is 4.73. The van der Waals surface area contributed by atoms with Crippen molar-refractivity contribution in [2.75, 3.05) is 10.6 Å². The Balaban J connectivity index is 1.88. The van der Waals surface area contributed by atoms with Crippen molar-refractivity contribution in [3.63, 3.8) is 0 Å². The Morgan fingerprint density at radius 1 is 1.15 bits per heavy atom. The molecule has 0 aliphatic rings. The first-order valence-electron chi connectivity index (χ1n) is 7.84. The van der Waals surface area contributed by atoms with Crippen molar-refractivity contribution in [3.8, 4) is 5.88 Å². The molecule has 4 N–H and O–H groups in total. The summed E-state index contributed by atoms with van der Waals surface area (Å²) in [4.78, 5) is 24.1. The number of fused-ring (bicyclic) bond motifs is 1. The number of aromatic nitrogens is 1. The summed E-state index contributed by atoms with van der Waals surface area (Å²) in [5, 5.41) is 26.0. The number of hydrogen-bond donors (Lipinski definition) is 4. The van der Waals surface area contributed by atoms with Crippen LogP contribution in [-0.2, 0) is 0 Å². The average molecular weight is 374 g/mol. The summed E-state index contributed by atoms with van der Waals surface area (Å²) in [5.41, 5.74) is 1.07. The monoisotopic (exact) mass is 373 g/mol. The fraction of sp³-hybridized carbons (Fsp3) is 0.111.